The Balaban J connectivity index is 1.62. The maximum atomic E-state index is 13.2. The molecule has 3 aromatic rings. The minimum absolute atomic E-state index is 0.00992. The van der Waals surface area contributed by atoms with Gasteiger partial charge in [-0.2, -0.15) is 0 Å². The number of nitrogens with zero attached hydrogens (tertiary/aromatic N) is 1. The minimum Gasteiger partial charge on any atom is -0.326 e. The molecule has 12 heteroatoms. The Hall–Kier alpha value is -3.02. The fourth-order valence-corrected chi connectivity index (χ4v) is 4.62. The summed E-state index contributed by atoms with van der Waals surface area (Å²) in [4.78, 5) is 27.3. The van der Waals surface area contributed by atoms with Crippen LogP contribution in [0.2, 0.25) is 5.02 Å². The molecule has 0 aliphatic carbocycles. The van der Waals surface area contributed by atoms with Crippen molar-refractivity contribution in [3.05, 3.63) is 64.4 Å². The fraction of sp³-hybridized carbons (Fsp3) is 0.105. The van der Waals surface area contributed by atoms with Gasteiger partial charge < -0.3 is 10.6 Å². The van der Waals surface area contributed by atoms with Crippen molar-refractivity contribution >= 4 is 61.3 Å². The van der Waals surface area contributed by atoms with Crippen LogP contribution in [0.25, 0.3) is 0 Å². The number of nitrogens with one attached hydrogen (secondary N) is 3. The summed E-state index contributed by atoms with van der Waals surface area (Å²) in [6, 6.07) is 9.43. The minimum atomic E-state index is -3.90. The molecule has 31 heavy (non-hydrogen) atoms. The van der Waals surface area contributed by atoms with Crippen LogP contribution in [0.4, 0.5) is 20.9 Å². The van der Waals surface area contributed by atoms with Gasteiger partial charge in [0.15, 0.2) is 5.13 Å². The molecule has 1 aromatic heterocycles. The Kier molecular flexibility index (Phi) is 6.88. The van der Waals surface area contributed by atoms with E-state index in [1.165, 1.54) is 43.3 Å². The van der Waals surface area contributed by atoms with Gasteiger partial charge in [0, 0.05) is 23.7 Å². The maximum absolute atomic E-state index is 13.2. The molecule has 3 N–H and O–H groups in total. The van der Waals surface area contributed by atoms with E-state index in [0.29, 0.717) is 17.1 Å². The SMILES string of the molecule is CC(=O)Nc1ccc(S(=O)(=O)Nc2nc(CC(=O)Nc3ccc(F)c(Cl)c3)cs2)cc1. The molecule has 0 saturated carbocycles. The molecular weight excluding hydrogens is 467 g/mol. The average Bonchev–Trinajstić information content (AvgIpc) is 3.10. The number of carbonyl (C=O) groups is 2. The van der Waals surface area contributed by atoms with Gasteiger partial charge in [0.1, 0.15) is 5.82 Å². The molecule has 2 aromatic carbocycles. The van der Waals surface area contributed by atoms with Crippen molar-refractivity contribution in [2.75, 3.05) is 15.4 Å². The van der Waals surface area contributed by atoms with Crippen molar-refractivity contribution in [3.63, 3.8) is 0 Å². The second-order valence-electron chi connectivity index (χ2n) is 6.31. The zero-order chi connectivity index (χ0) is 22.6. The molecule has 0 spiro atoms. The van der Waals surface area contributed by atoms with E-state index in [1.54, 1.807) is 5.38 Å². The highest BCUT2D eigenvalue weighted by Crippen LogP contribution is 2.23. The van der Waals surface area contributed by atoms with Crippen LogP contribution in [0.15, 0.2) is 52.7 Å². The molecule has 0 aliphatic heterocycles. The Bertz CT molecular complexity index is 1230. The van der Waals surface area contributed by atoms with E-state index in [4.69, 9.17) is 11.6 Å². The topological polar surface area (TPSA) is 117 Å². The second-order valence-corrected chi connectivity index (χ2v) is 9.26. The van der Waals surface area contributed by atoms with Crippen LogP contribution >= 0.6 is 22.9 Å². The summed E-state index contributed by atoms with van der Waals surface area (Å²) >= 11 is 6.71. The van der Waals surface area contributed by atoms with Crippen LogP contribution < -0.4 is 15.4 Å². The molecule has 0 bridgehead atoms. The van der Waals surface area contributed by atoms with Crippen LogP contribution in [0.5, 0.6) is 0 Å². The standard InChI is InChI=1S/C19H16ClFN4O4S2/c1-11(26)22-12-2-5-15(6-3-12)31(28,29)25-19-24-14(10-30-19)9-18(27)23-13-4-7-17(21)16(20)8-13/h2-8,10H,9H2,1H3,(H,22,26)(H,23,27)(H,24,25). The summed E-state index contributed by atoms with van der Waals surface area (Å²) in [6.07, 6.45) is -0.112. The lowest BCUT2D eigenvalue weighted by Gasteiger charge is -2.07. The molecule has 8 nitrogen and oxygen atoms in total. The normalized spacial score (nSPS) is 11.1. The van der Waals surface area contributed by atoms with Crippen LogP contribution in [0.3, 0.4) is 0 Å². The number of hydrogen-bond donors (Lipinski definition) is 3. The number of rotatable bonds is 7. The Morgan fingerprint density at radius 1 is 1.10 bits per heavy atom. The van der Waals surface area contributed by atoms with Crippen LogP contribution in [0, 0.1) is 5.82 Å². The molecule has 0 saturated heterocycles. The highest BCUT2D eigenvalue weighted by Gasteiger charge is 2.17. The zero-order valence-corrected chi connectivity index (χ0v) is 18.4. The molecule has 2 amide bonds. The summed E-state index contributed by atoms with van der Waals surface area (Å²) in [5.74, 6) is -1.28. The first-order valence-electron chi connectivity index (χ1n) is 8.72. The van der Waals surface area contributed by atoms with Gasteiger partial charge in [0.2, 0.25) is 11.8 Å². The van der Waals surface area contributed by atoms with E-state index in [0.717, 1.165) is 17.4 Å². The van der Waals surface area contributed by atoms with Crippen molar-refractivity contribution in [2.24, 2.45) is 0 Å². The van der Waals surface area contributed by atoms with Gasteiger partial charge in [-0.05, 0) is 42.5 Å². The predicted molar refractivity (Wildman–Crippen MR) is 117 cm³/mol. The summed E-state index contributed by atoms with van der Waals surface area (Å²) in [6.45, 7) is 1.35. The van der Waals surface area contributed by atoms with Crippen molar-refractivity contribution < 1.29 is 22.4 Å². The number of carbonyl (C=O) groups excluding carboxylic acids is 2. The van der Waals surface area contributed by atoms with Gasteiger partial charge in [0.05, 0.1) is 22.0 Å². The molecule has 0 radical (unpaired) electrons. The van der Waals surface area contributed by atoms with Gasteiger partial charge in [-0.25, -0.2) is 17.8 Å². The van der Waals surface area contributed by atoms with E-state index < -0.39 is 21.7 Å². The van der Waals surface area contributed by atoms with E-state index >= 15 is 0 Å². The Labute approximate surface area is 186 Å². The third-order valence-electron chi connectivity index (χ3n) is 3.80. The smallest absolute Gasteiger partial charge is 0.263 e. The molecule has 0 aliphatic rings. The quantitative estimate of drug-likeness (QED) is 0.472. The number of amides is 2. The van der Waals surface area contributed by atoms with Gasteiger partial charge in [-0.1, -0.05) is 11.6 Å². The molecule has 3 rings (SSSR count). The van der Waals surface area contributed by atoms with Crippen molar-refractivity contribution in [1.82, 2.24) is 4.98 Å². The van der Waals surface area contributed by atoms with Gasteiger partial charge in [-0.3, -0.25) is 14.3 Å². The predicted octanol–water partition coefficient (Wildman–Crippen LogP) is 3.88. The first kappa shape index (κ1) is 22.7. The highest BCUT2D eigenvalue weighted by molar-refractivity contribution is 7.93. The number of benzene rings is 2. The third-order valence-corrected chi connectivity index (χ3v) is 6.38. The molecular formula is C19H16ClFN4O4S2. The molecule has 162 valence electrons. The van der Waals surface area contributed by atoms with E-state index in [-0.39, 0.29) is 27.4 Å². The zero-order valence-electron chi connectivity index (χ0n) is 16.0. The summed E-state index contributed by atoms with van der Waals surface area (Å²) in [5, 5.41) is 6.65. The number of thiazole rings is 1. The number of anilines is 3. The molecule has 0 atom stereocenters. The average molecular weight is 483 g/mol. The highest BCUT2D eigenvalue weighted by atomic mass is 35.5. The number of halogens is 2. The largest absolute Gasteiger partial charge is 0.326 e. The molecule has 0 fully saturated rings. The van der Waals surface area contributed by atoms with E-state index in [2.05, 4.69) is 20.3 Å². The van der Waals surface area contributed by atoms with E-state index in [9.17, 15) is 22.4 Å². The second kappa shape index (κ2) is 9.41. The van der Waals surface area contributed by atoms with Gasteiger partial charge in [-0.15, -0.1) is 11.3 Å². The first-order chi connectivity index (χ1) is 14.6. The lowest BCUT2D eigenvalue weighted by Crippen LogP contribution is -2.15. The Morgan fingerprint density at radius 2 is 1.77 bits per heavy atom. The number of hydrogen-bond acceptors (Lipinski definition) is 6. The van der Waals surface area contributed by atoms with Gasteiger partial charge in [0.25, 0.3) is 10.0 Å². The van der Waals surface area contributed by atoms with Crippen LogP contribution in [-0.2, 0) is 26.0 Å². The maximum Gasteiger partial charge on any atom is 0.263 e. The summed E-state index contributed by atoms with van der Waals surface area (Å²) in [7, 11) is -3.90. The monoisotopic (exact) mass is 482 g/mol. The van der Waals surface area contributed by atoms with E-state index in [1.807, 2.05) is 0 Å². The number of sulfonamides is 1. The van der Waals surface area contributed by atoms with Crippen LogP contribution in [-0.4, -0.2) is 25.2 Å². The fourth-order valence-electron chi connectivity index (χ4n) is 2.47. The van der Waals surface area contributed by atoms with Crippen molar-refractivity contribution in [1.29, 1.82) is 0 Å². The summed E-state index contributed by atoms with van der Waals surface area (Å²) < 4.78 is 40.6. The molecule has 1 heterocycles. The van der Waals surface area contributed by atoms with Crippen molar-refractivity contribution in [2.45, 2.75) is 18.2 Å². The first-order valence-corrected chi connectivity index (χ1v) is 11.5. The molecule has 0 unspecified atom stereocenters. The van der Waals surface area contributed by atoms with Crippen LogP contribution in [0.1, 0.15) is 12.6 Å². The number of aromatic nitrogens is 1. The van der Waals surface area contributed by atoms with Crippen molar-refractivity contribution in [3.8, 4) is 0 Å². The third kappa shape index (κ3) is 6.23. The lowest BCUT2D eigenvalue weighted by atomic mass is 10.2. The summed E-state index contributed by atoms with van der Waals surface area (Å²) in [5.41, 5.74) is 1.15. The Morgan fingerprint density at radius 3 is 2.42 bits per heavy atom. The lowest BCUT2D eigenvalue weighted by molar-refractivity contribution is -0.116. The van der Waals surface area contributed by atoms with Gasteiger partial charge >= 0.3 is 0 Å².